The van der Waals surface area contributed by atoms with Crippen LogP contribution < -0.4 is 10.6 Å². The van der Waals surface area contributed by atoms with E-state index < -0.39 is 17.2 Å². The third-order valence-corrected chi connectivity index (χ3v) is 6.98. The molecule has 0 radical (unpaired) electrons. The number of piperidine rings is 1. The largest absolute Gasteiger partial charge is 0.444 e. The van der Waals surface area contributed by atoms with E-state index in [1.807, 2.05) is 63.2 Å². The second-order valence-electron chi connectivity index (χ2n) is 13.8. The number of hydrogen-bond acceptors (Lipinski definition) is 5. The van der Waals surface area contributed by atoms with E-state index in [9.17, 15) is 14.4 Å². The van der Waals surface area contributed by atoms with Crippen LogP contribution in [0.3, 0.4) is 0 Å². The second kappa shape index (κ2) is 11.6. The molecule has 218 valence electrons. The van der Waals surface area contributed by atoms with Gasteiger partial charge in [-0.05, 0) is 51.3 Å². The molecule has 1 aromatic heterocycles. The van der Waals surface area contributed by atoms with Crippen LogP contribution in [0.15, 0.2) is 42.5 Å². The molecule has 1 saturated heterocycles. The number of carbonyl (C=O) groups is 3. The highest BCUT2D eigenvalue weighted by Crippen LogP contribution is 2.29. The molecule has 2 aromatic rings. The highest BCUT2D eigenvalue weighted by molar-refractivity contribution is 5.99. The van der Waals surface area contributed by atoms with Gasteiger partial charge >= 0.3 is 6.09 Å². The average molecular weight is 551 g/mol. The third kappa shape index (κ3) is 8.05. The zero-order chi connectivity index (χ0) is 29.9. The van der Waals surface area contributed by atoms with Crippen LogP contribution in [0.2, 0.25) is 0 Å². The molecule has 0 bridgehead atoms. The summed E-state index contributed by atoms with van der Waals surface area (Å²) in [5.41, 5.74) is 0.720. The van der Waals surface area contributed by atoms with Gasteiger partial charge in [0.25, 0.3) is 5.91 Å². The van der Waals surface area contributed by atoms with Crippen LogP contribution >= 0.6 is 0 Å². The molecule has 0 saturated carbocycles. The lowest BCUT2D eigenvalue weighted by Crippen LogP contribution is -2.63. The van der Waals surface area contributed by atoms with Gasteiger partial charge in [-0.3, -0.25) is 14.6 Å². The maximum absolute atomic E-state index is 13.8. The standard InChI is InChI=1S/C32H46N4O4/c1-29(2,3)24-19-23(20-25(34-24)30(4,5)6)26(37)35-32(27(38)33-21-22-13-11-10-12-14-22)15-17-36(18-16-32)28(39)40-31(7,8)9/h10-14,19-20H,15-18,21H2,1-9H3,(H,33,38)(H,35,37). The lowest BCUT2D eigenvalue weighted by molar-refractivity contribution is -0.129. The Balaban J connectivity index is 1.90. The fraction of sp³-hybridized carbons (Fsp3) is 0.562. The summed E-state index contributed by atoms with van der Waals surface area (Å²) in [6.45, 7) is 18.8. The van der Waals surface area contributed by atoms with Crippen LogP contribution in [0, 0.1) is 0 Å². The Labute approximate surface area is 239 Å². The lowest BCUT2D eigenvalue weighted by atomic mass is 9.84. The van der Waals surface area contributed by atoms with Gasteiger partial charge in [0.15, 0.2) is 0 Å². The maximum Gasteiger partial charge on any atom is 0.410 e. The first-order chi connectivity index (χ1) is 18.4. The molecule has 0 spiro atoms. The van der Waals surface area contributed by atoms with Gasteiger partial charge in [0, 0.05) is 47.4 Å². The molecule has 1 aliphatic rings. The van der Waals surface area contributed by atoms with E-state index in [0.29, 0.717) is 12.1 Å². The number of rotatable bonds is 5. The summed E-state index contributed by atoms with van der Waals surface area (Å²) in [5, 5.41) is 6.11. The number of carbonyl (C=O) groups excluding carboxylic acids is 3. The Bertz CT molecular complexity index is 1180. The Morgan fingerprint density at radius 3 is 1.88 bits per heavy atom. The number of nitrogens with one attached hydrogen (secondary N) is 2. The first kappa shape index (κ1) is 31.1. The zero-order valence-corrected chi connectivity index (χ0v) is 25.6. The summed E-state index contributed by atoms with van der Waals surface area (Å²) in [7, 11) is 0. The van der Waals surface area contributed by atoms with Crippen LogP contribution in [0.25, 0.3) is 0 Å². The Morgan fingerprint density at radius 1 is 0.875 bits per heavy atom. The molecule has 1 aromatic carbocycles. The first-order valence-corrected chi connectivity index (χ1v) is 14.1. The maximum atomic E-state index is 13.8. The van der Waals surface area contributed by atoms with Crippen LogP contribution in [-0.2, 0) is 26.9 Å². The minimum absolute atomic E-state index is 0.264. The summed E-state index contributed by atoms with van der Waals surface area (Å²) in [5.74, 6) is -0.603. The average Bonchev–Trinajstić information content (AvgIpc) is 2.86. The SMILES string of the molecule is CC(C)(C)OC(=O)N1CCC(NC(=O)c2cc(C(C)(C)C)nc(C(C)(C)C)c2)(C(=O)NCc2ccccc2)CC1. The topological polar surface area (TPSA) is 101 Å². The number of amides is 3. The summed E-state index contributed by atoms with van der Waals surface area (Å²) in [6.07, 6.45) is 0.111. The van der Waals surface area contributed by atoms with Crippen molar-refractivity contribution in [1.29, 1.82) is 0 Å². The summed E-state index contributed by atoms with van der Waals surface area (Å²) < 4.78 is 5.54. The third-order valence-electron chi connectivity index (χ3n) is 6.98. The number of benzene rings is 1. The van der Waals surface area contributed by atoms with Gasteiger partial charge in [0.2, 0.25) is 5.91 Å². The smallest absolute Gasteiger partial charge is 0.410 e. The number of nitrogens with zero attached hydrogens (tertiary/aromatic N) is 2. The van der Waals surface area contributed by atoms with Gasteiger partial charge in [-0.2, -0.15) is 0 Å². The molecule has 40 heavy (non-hydrogen) atoms. The molecule has 8 heteroatoms. The predicted molar refractivity (Wildman–Crippen MR) is 157 cm³/mol. The number of hydrogen-bond donors (Lipinski definition) is 2. The minimum Gasteiger partial charge on any atom is -0.444 e. The van der Waals surface area contributed by atoms with E-state index in [1.54, 1.807) is 4.90 Å². The first-order valence-electron chi connectivity index (χ1n) is 14.1. The van der Waals surface area contributed by atoms with Crippen molar-refractivity contribution in [3.8, 4) is 0 Å². The molecule has 2 heterocycles. The van der Waals surface area contributed by atoms with Gasteiger partial charge in [-0.15, -0.1) is 0 Å². The van der Waals surface area contributed by atoms with Gasteiger partial charge < -0.3 is 20.3 Å². The van der Waals surface area contributed by atoms with Crippen molar-refractivity contribution in [3.63, 3.8) is 0 Å². The summed E-state index contributed by atoms with van der Waals surface area (Å²) >= 11 is 0. The molecule has 2 N–H and O–H groups in total. The van der Waals surface area contributed by atoms with Crippen molar-refractivity contribution in [2.24, 2.45) is 0 Å². The Hall–Kier alpha value is -3.42. The van der Waals surface area contributed by atoms with Crippen LogP contribution in [0.1, 0.15) is 102 Å². The minimum atomic E-state index is -1.18. The van der Waals surface area contributed by atoms with Gasteiger partial charge in [0.05, 0.1) is 0 Å². The van der Waals surface area contributed by atoms with E-state index in [-0.39, 0.29) is 48.6 Å². The summed E-state index contributed by atoms with van der Waals surface area (Å²) in [6, 6.07) is 13.3. The lowest BCUT2D eigenvalue weighted by Gasteiger charge is -2.41. The van der Waals surface area contributed by atoms with Gasteiger partial charge in [0.1, 0.15) is 11.1 Å². The highest BCUT2D eigenvalue weighted by atomic mass is 16.6. The molecule has 1 fully saturated rings. The van der Waals surface area contributed by atoms with Crippen LogP contribution in [0.5, 0.6) is 0 Å². The van der Waals surface area contributed by atoms with Crippen molar-refractivity contribution in [1.82, 2.24) is 20.5 Å². The van der Waals surface area contributed by atoms with E-state index >= 15 is 0 Å². The predicted octanol–water partition coefficient (Wildman–Crippen LogP) is 5.49. The fourth-order valence-electron chi connectivity index (χ4n) is 4.47. The summed E-state index contributed by atoms with van der Waals surface area (Å²) in [4.78, 5) is 46.8. The van der Waals surface area contributed by atoms with Gasteiger partial charge in [-0.1, -0.05) is 71.9 Å². The Kier molecular flexibility index (Phi) is 9.02. The van der Waals surface area contributed by atoms with Crippen LogP contribution in [0.4, 0.5) is 4.79 Å². The molecule has 1 aliphatic heterocycles. The van der Waals surface area contributed by atoms with Crippen molar-refractivity contribution >= 4 is 17.9 Å². The molecule has 3 amide bonds. The molecular weight excluding hydrogens is 504 g/mol. The van der Waals surface area contributed by atoms with E-state index in [0.717, 1.165) is 17.0 Å². The number of likely N-dealkylation sites (tertiary alicyclic amines) is 1. The molecular formula is C32H46N4O4. The van der Waals surface area contributed by atoms with Crippen molar-refractivity contribution < 1.29 is 19.1 Å². The van der Waals surface area contributed by atoms with Crippen molar-refractivity contribution in [3.05, 3.63) is 65.0 Å². The van der Waals surface area contributed by atoms with Crippen molar-refractivity contribution in [2.45, 2.75) is 104 Å². The molecule has 8 nitrogen and oxygen atoms in total. The highest BCUT2D eigenvalue weighted by Gasteiger charge is 2.44. The normalized spacial score (nSPS) is 15.8. The zero-order valence-electron chi connectivity index (χ0n) is 25.6. The van der Waals surface area contributed by atoms with E-state index in [2.05, 4.69) is 52.2 Å². The number of pyridine rings is 1. The second-order valence-corrected chi connectivity index (χ2v) is 13.8. The van der Waals surface area contributed by atoms with E-state index in [4.69, 9.17) is 9.72 Å². The Morgan fingerprint density at radius 2 is 1.40 bits per heavy atom. The van der Waals surface area contributed by atoms with Crippen LogP contribution in [-0.4, -0.2) is 52.0 Å². The number of ether oxygens (including phenoxy) is 1. The van der Waals surface area contributed by atoms with E-state index in [1.165, 1.54) is 0 Å². The molecule has 3 rings (SSSR count). The van der Waals surface area contributed by atoms with Crippen molar-refractivity contribution in [2.75, 3.05) is 13.1 Å². The molecule has 0 unspecified atom stereocenters. The van der Waals surface area contributed by atoms with Gasteiger partial charge in [-0.25, -0.2) is 4.79 Å². The quantitative estimate of drug-likeness (QED) is 0.513. The molecule has 0 atom stereocenters. The fourth-order valence-corrected chi connectivity index (χ4v) is 4.47. The molecule has 0 aliphatic carbocycles. The number of aromatic nitrogens is 1. The monoisotopic (exact) mass is 550 g/mol.